The first-order valence-electron chi connectivity index (χ1n) is 10.1. The van der Waals surface area contributed by atoms with Gasteiger partial charge in [-0.3, -0.25) is 4.79 Å². The van der Waals surface area contributed by atoms with Crippen molar-refractivity contribution in [3.8, 4) is 5.75 Å². The van der Waals surface area contributed by atoms with E-state index >= 15 is 0 Å². The largest absolute Gasteiger partial charge is 0.497 e. The molecule has 0 aliphatic carbocycles. The van der Waals surface area contributed by atoms with Crippen LogP contribution >= 0.6 is 11.8 Å². The lowest BCUT2D eigenvalue weighted by molar-refractivity contribution is -0.114. The van der Waals surface area contributed by atoms with Gasteiger partial charge in [-0.15, -0.1) is 0 Å². The maximum Gasteiger partial charge on any atom is 0.280 e. The molecule has 2 heterocycles. The molecule has 0 unspecified atom stereocenters. The lowest BCUT2D eigenvalue weighted by atomic mass is 10.0. The third-order valence-electron chi connectivity index (χ3n) is 5.27. The Morgan fingerprint density at radius 2 is 1.93 bits per heavy atom. The molecule has 0 atom stereocenters. The van der Waals surface area contributed by atoms with Crippen molar-refractivity contribution in [3.63, 3.8) is 0 Å². The zero-order valence-electron chi connectivity index (χ0n) is 17.7. The Hall–Kier alpha value is -2.99. The van der Waals surface area contributed by atoms with Gasteiger partial charge in [0.15, 0.2) is 0 Å². The number of carbonyl (C=O) groups excluding carboxylic acids is 1. The molecule has 0 aromatic heterocycles. The van der Waals surface area contributed by atoms with Crippen LogP contribution in [-0.4, -0.2) is 25.3 Å². The minimum atomic E-state index is -0.0716. The first-order valence-corrected chi connectivity index (χ1v) is 10.9. The third kappa shape index (κ3) is 3.52. The maximum absolute atomic E-state index is 13.2. The van der Waals surface area contributed by atoms with Crippen molar-refractivity contribution in [1.82, 2.24) is 0 Å². The van der Waals surface area contributed by atoms with Crippen molar-refractivity contribution >= 4 is 34.8 Å². The molecule has 0 N–H and O–H groups in total. The minimum absolute atomic E-state index is 0.0716. The predicted octanol–water partition coefficient (Wildman–Crippen LogP) is 5.60. The van der Waals surface area contributed by atoms with Gasteiger partial charge in [0.2, 0.25) is 0 Å². The van der Waals surface area contributed by atoms with Crippen molar-refractivity contribution in [2.45, 2.75) is 32.1 Å². The summed E-state index contributed by atoms with van der Waals surface area (Å²) in [7, 11) is 1.68. The molecule has 0 bridgehead atoms. The lowest BCUT2D eigenvalue weighted by Crippen LogP contribution is -2.22. The summed E-state index contributed by atoms with van der Waals surface area (Å²) in [5.74, 6) is 0.771. The van der Waals surface area contributed by atoms with Gasteiger partial charge in [-0.25, -0.2) is 0 Å². The van der Waals surface area contributed by atoms with Gasteiger partial charge in [0, 0.05) is 17.5 Å². The fourth-order valence-electron chi connectivity index (χ4n) is 3.76. The van der Waals surface area contributed by atoms with Crippen LogP contribution < -0.4 is 14.6 Å². The number of nitrogens with zero attached hydrogens (tertiary/aromatic N) is 3. The van der Waals surface area contributed by atoms with Crippen molar-refractivity contribution in [1.29, 1.82) is 0 Å². The van der Waals surface area contributed by atoms with Gasteiger partial charge in [-0.2, -0.15) is 10.1 Å². The molecule has 5 nitrogen and oxygen atoms in total. The van der Waals surface area contributed by atoms with Crippen LogP contribution in [0.25, 0.3) is 0 Å². The number of thioether (sulfide) groups is 1. The summed E-state index contributed by atoms with van der Waals surface area (Å²) >= 11 is 1.72. The molecule has 2 aliphatic heterocycles. The van der Waals surface area contributed by atoms with E-state index in [2.05, 4.69) is 42.1 Å². The molecule has 0 fully saturated rings. The Morgan fingerprint density at radius 3 is 2.60 bits per heavy atom. The van der Waals surface area contributed by atoms with Crippen LogP contribution in [0.15, 0.2) is 80.8 Å². The number of hydrogen-bond donors (Lipinski definition) is 0. The third-order valence-corrected chi connectivity index (χ3v) is 6.38. The zero-order chi connectivity index (χ0) is 21.3. The predicted molar refractivity (Wildman–Crippen MR) is 124 cm³/mol. The van der Waals surface area contributed by atoms with Gasteiger partial charge < -0.3 is 9.64 Å². The molecular weight excluding hydrogens is 394 g/mol. The molecule has 1 amide bonds. The highest BCUT2D eigenvalue weighted by molar-refractivity contribution is 8.03. The maximum atomic E-state index is 13.2. The highest BCUT2D eigenvalue weighted by Crippen LogP contribution is 2.47. The standard InChI is InChI=1S/C24H25N3O2S/c1-5-17(23-16(3)25-27(24(23)28)18-10-8-7-9-11-18)14-22-26(6-2)20-15-19(29-4)12-13-21(20)30-22/h7-15H,5-6H2,1-4H3/b22-14-,23-17-. The van der Waals surface area contributed by atoms with Crippen LogP contribution in [0.4, 0.5) is 11.4 Å². The number of benzene rings is 2. The molecule has 2 aromatic carbocycles. The summed E-state index contributed by atoms with van der Waals surface area (Å²) < 4.78 is 5.40. The number of para-hydroxylation sites is 1. The molecule has 6 heteroatoms. The average molecular weight is 420 g/mol. The molecule has 4 rings (SSSR count). The smallest absolute Gasteiger partial charge is 0.280 e. The highest BCUT2D eigenvalue weighted by atomic mass is 32.2. The van der Waals surface area contributed by atoms with Crippen LogP contribution in [0.5, 0.6) is 5.75 Å². The first-order chi connectivity index (χ1) is 14.6. The number of hydrogen-bond acceptors (Lipinski definition) is 5. The second-order valence-electron chi connectivity index (χ2n) is 7.05. The topological polar surface area (TPSA) is 45.1 Å². The van der Waals surface area contributed by atoms with Crippen molar-refractivity contribution < 1.29 is 9.53 Å². The van der Waals surface area contributed by atoms with E-state index in [0.717, 1.165) is 46.4 Å². The summed E-state index contributed by atoms with van der Waals surface area (Å²) in [4.78, 5) is 16.7. The molecule has 0 saturated carbocycles. The normalized spacial score (nSPS) is 18.7. The Kier molecular flexibility index (Phi) is 5.68. The first kappa shape index (κ1) is 20.3. The highest BCUT2D eigenvalue weighted by Gasteiger charge is 2.31. The average Bonchev–Trinajstić information content (AvgIpc) is 3.27. The number of amides is 1. The molecule has 30 heavy (non-hydrogen) atoms. The van der Waals surface area contributed by atoms with E-state index in [-0.39, 0.29) is 5.91 Å². The molecule has 2 aromatic rings. The molecule has 2 aliphatic rings. The van der Waals surface area contributed by atoms with Gasteiger partial charge in [-0.05, 0) is 56.2 Å². The summed E-state index contributed by atoms with van der Waals surface area (Å²) in [5, 5.41) is 7.15. The fraction of sp³-hybridized carbons (Fsp3) is 0.250. The molecule has 0 spiro atoms. The minimum Gasteiger partial charge on any atom is -0.497 e. The van der Waals surface area contributed by atoms with E-state index in [1.54, 1.807) is 18.9 Å². The number of allylic oxidation sites excluding steroid dienone is 2. The van der Waals surface area contributed by atoms with Gasteiger partial charge in [-0.1, -0.05) is 36.9 Å². The molecule has 0 radical (unpaired) electrons. The van der Waals surface area contributed by atoms with Crippen LogP contribution in [-0.2, 0) is 4.79 Å². The zero-order valence-corrected chi connectivity index (χ0v) is 18.5. The molecular formula is C24H25N3O2S. The van der Waals surface area contributed by atoms with Crippen LogP contribution in [0.3, 0.4) is 0 Å². The van der Waals surface area contributed by atoms with Crippen molar-refractivity contribution in [2.24, 2.45) is 5.10 Å². The Morgan fingerprint density at radius 1 is 1.17 bits per heavy atom. The van der Waals surface area contributed by atoms with Gasteiger partial charge >= 0.3 is 0 Å². The number of carbonyl (C=O) groups is 1. The quantitative estimate of drug-likeness (QED) is 0.592. The van der Waals surface area contributed by atoms with Gasteiger partial charge in [0.1, 0.15) is 5.75 Å². The number of ether oxygens (including phenoxy) is 1. The Bertz CT molecular complexity index is 1070. The lowest BCUT2D eigenvalue weighted by Gasteiger charge is -2.19. The molecule has 154 valence electrons. The van der Waals surface area contributed by atoms with Gasteiger partial charge in [0.05, 0.1) is 34.8 Å². The van der Waals surface area contributed by atoms with E-state index in [4.69, 9.17) is 4.74 Å². The van der Waals surface area contributed by atoms with E-state index in [0.29, 0.717) is 5.57 Å². The Labute approximate surface area is 181 Å². The number of rotatable bonds is 5. The number of methoxy groups -OCH3 is 1. The SMILES string of the molecule is CCC(/C=C1\Sc2ccc(OC)cc2N1CC)=C1/C(=O)N(c2ccccc2)N=C1C. The summed E-state index contributed by atoms with van der Waals surface area (Å²) in [6.45, 7) is 6.95. The van der Waals surface area contributed by atoms with Crippen LogP contribution in [0.2, 0.25) is 0 Å². The van der Waals surface area contributed by atoms with E-state index < -0.39 is 0 Å². The molecule has 0 saturated heterocycles. The van der Waals surface area contributed by atoms with E-state index in [9.17, 15) is 4.79 Å². The Balaban J connectivity index is 1.72. The number of anilines is 2. The second kappa shape index (κ2) is 8.40. The summed E-state index contributed by atoms with van der Waals surface area (Å²) in [5.41, 5.74) is 4.37. The van der Waals surface area contributed by atoms with E-state index in [1.165, 1.54) is 9.90 Å². The summed E-state index contributed by atoms with van der Waals surface area (Å²) in [6.07, 6.45) is 2.89. The van der Waals surface area contributed by atoms with E-state index in [1.807, 2.05) is 43.3 Å². The van der Waals surface area contributed by atoms with Crippen LogP contribution in [0.1, 0.15) is 27.2 Å². The van der Waals surface area contributed by atoms with Crippen LogP contribution in [0, 0.1) is 0 Å². The second-order valence-corrected chi connectivity index (χ2v) is 8.12. The number of hydrazone groups is 1. The van der Waals surface area contributed by atoms with Crippen molar-refractivity contribution in [2.75, 3.05) is 23.6 Å². The van der Waals surface area contributed by atoms with Gasteiger partial charge in [0.25, 0.3) is 5.91 Å². The summed E-state index contributed by atoms with van der Waals surface area (Å²) in [6, 6.07) is 15.7. The monoisotopic (exact) mass is 419 g/mol. The number of fused-ring (bicyclic) bond motifs is 1. The fourth-order valence-corrected chi connectivity index (χ4v) is 4.94. The van der Waals surface area contributed by atoms with Crippen molar-refractivity contribution in [3.05, 3.63) is 70.8 Å².